The van der Waals surface area contributed by atoms with E-state index in [2.05, 4.69) is 0 Å². The number of halogens is 4. The molecule has 8 heteroatoms. The first kappa shape index (κ1) is 26.2. The van der Waals surface area contributed by atoms with E-state index in [0.717, 1.165) is 23.3 Å². The lowest BCUT2D eigenvalue weighted by Gasteiger charge is -2.47. The van der Waals surface area contributed by atoms with Gasteiger partial charge < -0.3 is 14.4 Å². The molecule has 2 atom stereocenters. The number of hydrogen-bond acceptors (Lipinski definition) is 3. The molecular weight excluding hydrogens is 491 g/mol. The number of hydrogen-bond donors (Lipinski definition) is 0. The van der Waals surface area contributed by atoms with E-state index in [1.807, 2.05) is 42.5 Å². The first-order chi connectivity index (χ1) is 17.3. The molecule has 0 spiro atoms. The fourth-order valence-corrected chi connectivity index (χ4v) is 4.63. The molecule has 1 saturated heterocycles. The molecule has 4 nitrogen and oxygen atoms in total. The van der Waals surface area contributed by atoms with Crippen molar-refractivity contribution in [3.05, 3.63) is 106 Å². The maximum Gasteiger partial charge on any atom is 0.222 e. The molecule has 0 aliphatic carbocycles. The van der Waals surface area contributed by atoms with Crippen molar-refractivity contribution in [1.29, 1.82) is 0 Å². The van der Waals surface area contributed by atoms with Crippen LogP contribution in [0.5, 0.6) is 0 Å². The molecule has 0 radical (unpaired) electrons. The van der Waals surface area contributed by atoms with Gasteiger partial charge in [0.2, 0.25) is 5.91 Å². The van der Waals surface area contributed by atoms with E-state index in [1.165, 1.54) is 0 Å². The van der Waals surface area contributed by atoms with Gasteiger partial charge in [0.05, 0.1) is 19.8 Å². The molecule has 0 aromatic heterocycles. The summed E-state index contributed by atoms with van der Waals surface area (Å²) >= 11 is 6.14. The van der Waals surface area contributed by atoms with Crippen LogP contribution in [0.3, 0.4) is 0 Å². The number of amides is 1. The number of nitrogens with zero attached hydrogens (tertiary/aromatic N) is 1. The minimum atomic E-state index is -1.55. The summed E-state index contributed by atoms with van der Waals surface area (Å²) in [5.41, 5.74) is 0.617. The summed E-state index contributed by atoms with van der Waals surface area (Å²) in [7, 11) is 0. The van der Waals surface area contributed by atoms with E-state index < -0.39 is 29.2 Å². The lowest BCUT2D eigenvalue weighted by molar-refractivity contribution is -0.196. The molecule has 1 aliphatic heterocycles. The van der Waals surface area contributed by atoms with E-state index in [-0.39, 0.29) is 31.2 Å². The number of carbonyl (C=O) groups is 1. The Kier molecular flexibility index (Phi) is 8.34. The number of rotatable bonds is 8. The average Bonchev–Trinajstić information content (AvgIpc) is 2.91. The second kappa shape index (κ2) is 11.5. The van der Waals surface area contributed by atoms with Crippen LogP contribution in [0, 0.1) is 17.5 Å². The molecule has 4 rings (SSSR count). The second-order valence-electron chi connectivity index (χ2n) is 8.75. The van der Waals surface area contributed by atoms with Crippen molar-refractivity contribution in [2.24, 2.45) is 0 Å². The number of ether oxygens (including phenoxy) is 2. The van der Waals surface area contributed by atoms with Crippen molar-refractivity contribution < 1.29 is 27.4 Å². The van der Waals surface area contributed by atoms with Crippen LogP contribution in [0.1, 0.15) is 36.5 Å². The number of piperidine rings is 1. The van der Waals surface area contributed by atoms with Crippen molar-refractivity contribution in [1.82, 2.24) is 4.90 Å². The van der Waals surface area contributed by atoms with Gasteiger partial charge in [0.1, 0.15) is 11.7 Å². The van der Waals surface area contributed by atoms with Gasteiger partial charge in [-0.1, -0.05) is 67.1 Å². The monoisotopic (exact) mass is 517 g/mol. The molecule has 1 aliphatic rings. The van der Waals surface area contributed by atoms with Crippen molar-refractivity contribution in [2.75, 3.05) is 13.1 Å². The zero-order valence-corrected chi connectivity index (χ0v) is 20.6. The molecule has 1 fully saturated rings. The summed E-state index contributed by atoms with van der Waals surface area (Å²) in [5.74, 6) is -4.16. The summed E-state index contributed by atoms with van der Waals surface area (Å²) in [6, 6.07) is 18.8. The Morgan fingerprint density at radius 3 is 2.42 bits per heavy atom. The zero-order chi connectivity index (χ0) is 25.7. The summed E-state index contributed by atoms with van der Waals surface area (Å²) < 4.78 is 54.4. The molecule has 3 aromatic carbocycles. The SMILES string of the molecule is CCC(=O)N1CCC(OCc2ccccc2)(c2ccc(Cl)cc2)C(OCc2ccc(F)c(F)c2F)C1. The molecule has 36 heavy (non-hydrogen) atoms. The summed E-state index contributed by atoms with van der Waals surface area (Å²) in [5, 5.41) is 0.553. The van der Waals surface area contributed by atoms with Crippen molar-refractivity contribution >= 4 is 17.5 Å². The molecule has 190 valence electrons. The fourth-order valence-electron chi connectivity index (χ4n) is 4.50. The Morgan fingerprint density at radius 1 is 1.00 bits per heavy atom. The Labute approximate surface area is 213 Å². The third-order valence-corrected chi connectivity index (χ3v) is 6.79. The molecule has 0 saturated carbocycles. The van der Waals surface area contributed by atoms with Gasteiger partial charge in [-0.15, -0.1) is 0 Å². The van der Waals surface area contributed by atoms with Crippen molar-refractivity contribution in [3.63, 3.8) is 0 Å². The molecule has 1 heterocycles. The summed E-state index contributed by atoms with van der Waals surface area (Å²) in [4.78, 5) is 14.2. The summed E-state index contributed by atoms with van der Waals surface area (Å²) in [6.07, 6.45) is 0.0146. The van der Waals surface area contributed by atoms with Crippen LogP contribution in [-0.4, -0.2) is 30.0 Å². The van der Waals surface area contributed by atoms with Crippen molar-refractivity contribution in [2.45, 2.75) is 44.7 Å². The maximum absolute atomic E-state index is 14.4. The van der Waals surface area contributed by atoms with Crippen LogP contribution >= 0.6 is 11.6 Å². The predicted octanol–water partition coefficient (Wildman–Crippen LogP) is 6.40. The molecule has 0 bridgehead atoms. The van der Waals surface area contributed by atoms with E-state index in [1.54, 1.807) is 24.0 Å². The van der Waals surface area contributed by atoms with Crippen LogP contribution in [0.15, 0.2) is 66.7 Å². The Bertz CT molecular complexity index is 1190. The minimum absolute atomic E-state index is 0.0460. The van der Waals surface area contributed by atoms with Gasteiger partial charge in [-0.2, -0.15) is 0 Å². The van der Waals surface area contributed by atoms with Crippen LogP contribution in [0.2, 0.25) is 5.02 Å². The second-order valence-corrected chi connectivity index (χ2v) is 9.18. The average molecular weight is 518 g/mol. The van der Waals surface area contributed by atoms with Crippen LogP contribution in [-0.2, 0) is 33.1 Å². The highest BCUT2D eigenvalue weighted by Crippen LogP contribution is 2.40. The third-order valence-electron chi connectivity index (χ3n) is 6.54. The van der Waals surface area contributed by atoms with E-state index in [4.69, 9.17) is 21.1 Å². The van der Waals surface area contributed by atoms with Gasteiger partial charge in [0.15, 0.2) is 17.5 Å². The van der Waals surface area contributed by atoms with Gasteiger partial charge in [-0.25, -0.2) is 13.2 Å². The number of likely N-dealkylation sites (tertiary alicyclic amines) is 1. The highest BCUT2D eigenvalue weighted by Gasteiger charge is 2.47. The lowest BCUT2D eigenvalue weighted by atomic mass is 9.81. The molecule has 2 unspecified atom stereocenters. The van der Waals surface area contributed by atoms with Gasteiger partial charge in [0.25, 0.3) is 0 Å². The third kappa shape index (κ3) is 5.59. The fraction of sp³-hybridized carbons (Fsp3) is 0.321. The maximum atomic E-state index is 14.4. The Morgan fingerprint density at radius 2 is 1.72 bits per heavy atom. The van der Waals surface area contributed by atoms with Gasteiger partial charge in [0, 0.05) is 30.0 Å². The van der Waals surface area contributed by atoms with Crippen LogP contribution < -0.4 is 0 Å². The van der Waals surface area contributed by atoms with Crippen LogP contribution in [0.25, 0.3) is 0 Å². The first-order valence-corrected chi connectivity index (χ1v) is 12.2. The van der Waals surface area contributed by atoms with Crippen LogP contribution in [0.4, 0.5) is 13.2 Å². The van der Waals surface area contributed by atoms with E-state index in [0.29, 0.717) is 24.4 Å². The highest BCUT2D eigenvalue weighted by atomic mass is 35.5. The standard InChI is InChI=1S/C28H27ClF3NO3/c1-2-25(34)33-15-14-28(21-9-11-22(29)12-10-21,36-17-19-6-4-3-5-7-19)24(16-33)35-18-20-8-13-23(30)27(32)26(20)31/h3-13,24H,2,14-18H2,1H3. The zero-order valence-electron chi connectivity index (χ0n) is 19.9. The highest BCUT2D eigenvalue weighted by molar-refractivity contribution is 6.30. The predicted molar refractivity (Wildman–Crippen MR) is 131 cm³/mol. The molecule has 1 amide bonds. The summed E-state index contributed by atoms with van der Waals surface area (Å²) in [6.45, 7) is 2.34. The van der Waals surface area contributed by atoms with E-state index >= 15 is 0 Å². The first-order valence-electron chi connectivity index (χ1n) is 11.8. The minimum Gasteiger partial charge on any atom is -0.368 e. The van der Waals surface area contributed by atoms with Crippen molar-refractivity contribution in [3.8, 4) is 0 Å². The smallest absolute Gasteiger partial charge is 0.222 e. The molecule has 0 N–H and O–H groups in total. The molecule has 3 aromatic rings. The Hall–Kier alpha value is -2.87. The topological polar surface area (TPSA) is 38.8 Å². The number of carbonyl (C=O) groups excluding carboxylic acids is 1. The quantitative estimate of drug-likeness (QED) is 0.325. The number of benzene rings is 3. The Balaban J connectivity index is 1.70. The largest absolute Gasteiger partial charge is 0.368 e. The molecular formula is C28H27ClF3NO3. The van der Waals surface area contributed by atoms with Gasteiger partial charge >= 0.3 is 0 Å². The normalized spacial score (nSPS) is 19.9. The lowest BCUT2D eigenvalue weighted by Crippen LogP contribution is -2.57. The van der Waals surface area contributed by atoms with E-state index in [9.17, 15) is 18.0 Å². The van der Waals surface area contributed by atoms with Gasteiger partial charge in [-0.05, 0) is 29.3 Å². The van der Waals surface area contributed by atoms with Gasteiger partial charge in [-0.3, -0.25) is 4.79 Å².